The van der Waals surface area contributed by atoms with Crippen molar-refractivity contribution < 1.29 is 9.59 Å². The highest BCUT2D eigenvalue weighted by atomic mass is 16.2. The van der Waals surface area contributed by atoms with Gasteiger partial charge in [0, 0.05) is 18.8 Å². The number of hydrogen-bond donors (Lipinski definition) is 3. The van der Waals surface area contributed by atoms with Gasteiger partial charge in [0.25, 0.3) is 0 Å². The first-order chi connectivity index (χ1) is 10.6. The van der Waals surface area contributed by atoms with E-state index in [1.165, 1.54) is 4.90 Å². The summed E-state index contributed by atoms with van der Waals surface area (Å²) in [5.41, 5.74) is 7.72. The fourth-order valence-electron chi connectivity index (χ4n) is 2.93. The number of hydrogen-bond acceptors (Lipinski definition) is 4. The zero-order valence-corrected chi connectivity index (χ0v) is 13.3. The fraction of sp³-hybridized carbons (Fsp3) is 0.667. The summed E-state index contributed by atoms with van der Waals surface area (Å²) in [5, 5.41) is 10.1. The van der Waals surface area contributed by atoms with Crippen molar-refractivity contribution in [3.63, 3.8) is 0 Å². The van der Waals surface area contributed by atoms with E-state index in [1.54, 1.807) is 7.05 Å². The molecule has 2 rings (SSSR count). The van der Waals surface area contributed by atoms with E-state index in [-0.39, 0.29) is 24.4 Å². The average Bonchev–Trinajstić information content (AvgIpc) is 2.98. The van der Waals surface area contributed by atoms with Crippen molar-refractivity contribution in [1.82, 2.24) is 20.4 Å². The van der Waals surface area contributed by atoms with Crippen LogP contribution in [0, 0.1) is 0 Å². The minimum absolute atomic E-state index is 0.0776. The Morgan fingerprint density at radius 1 is 1.59 bits per heavy atom. The van der Waals surface area contributed by atoms with Gasteiger partial charge in [0.15, 0.2) is 0 Å². The van der Waals surface area contributed by atoms with Crippen LogP contribution in [-0.4, -0.2) is 52.6 Å². The van der Waals surface area contributed by atoms with Gasteiger partial charge in [0.2, 0.25) is 11.8 Å². The molecule has 1 unspecified atom stereocenters. The Hall–Kier alpha value is -1.89. The minimum Gasteiger partial charge on any atom is -0.351 e. The van der Waals surface area contributed by atoms with E-state index >= 15 is 0 Å². The van der Waals surface area contributed by atoms with E-state index in [1.807, 2.05) is 13.1 Å². The number of amides is 2. The van der Waals surface area contributed by atoms with Gasteiger partial charge < -0.3 is 16.0 Å². The van der Waals surface area contributed by atoms with Crippen LogP contribution < -0.4 is 11.1 Å². The van der Waals surface area contributed by atoms with Crippen molar-refractivity contribution in [3.8, 4) is 0 Å². The molecule has 0 saturated heterocycles. The van der Waals surface area contributed by atoms with Gasteiger partial charge in [-0.25, -0.2) is 0 Å². The summed E-state index contributed by atoms with van der Waals surface area (Å²) < 4.78 is 0. The molecule has 2 atom stereocenters. The maximum atomic E-state index is 12.5. The standard InChI is InChI=1S/C15H25N5O2/c1-3-4-13(20(2)14(21)8-16)15(22)18-11-5-6-12-10(7-11)9-17-19-12/h9,11,13H,3-8,16H2,1-2H3,(H,17,19)(H,18,22)/t11?,13-/m0/s1. The summed E-state index contributed by atoms with van der Waals surface area (Å²) in [4.78, 5) is 25.8. The first kappa shape index (κ1) is 16.5. The Balaban J connectivity index is 1.98. The SMILES string of the molecule is CCC[C@@H](C(=O)NC1CCc2[nH]ncc2C1)N(C)C(=O)CN. The third kappa shape index (κ3) is 3.65. The van der Waals surface area contributed by atoms with Crippen LogP contribution in [-0.2, 0) is 22.4 Å². The topological polar surface area (TPSA) is 104 Å². The van der Waals surface area contributed by atoms with Crippen molar-refractivity contribution in [1.29, 1.82) is 0 Å². The Bertz CT molecular complexity index is 528. The highest BCUT2D eigenvalue weighted by Gasteiger charge is 2.28. The lowest BCUT2D eigenvalue weighted by atomic mass is 9.93. The lowest BCUT2D eigenvalue weighted by molar-refractivity contribution is -0.138. The summed E-state index contributed by atoms with van der Waals surface area (Å²) >= 11 is 0. The fourth-order valence-corrected chi connectivity index (χ4v) is 2.93. The largest absolute Gasteiger partial charge is 0.351 e. The van der Waals surface area contributed by atoms with Crippen LogP contribution in [0.1, 0.15) is 37.4 Å². The maximum absolute atomic E-state index is 12.5. The number of carbonyl (C=O) groups is 2. The molecular weight excluding hydrogens is 282 g/mol. The molecule has 4 N–H and O–H groups in total. The number of nitrogens with one attached hydrogen (secondary N) is 2. The van der Waals surface area contributed by atoms with Gasteiger partial charge in [-0.15, -0.1) is 0 Å². The van der Waals surface area contributed by atoms with E-state index in [0.29, 0.717) is 6.42 Å². The number of nitrogens with two attached hydrogens (primary N) is 1. The molecule has 1 aliphatic carbocycles. The summed E-state index contributed by atoms with van der Waals surface area (Å²) in [7, 11) is 1.64. The molecule has 0 aromatic carbocycles. The Morgan fingerprint density at radius 2 is 2.36 bits per heavy atom. The zero-order valence-electron chi connectivity index (χ0n) is 13.3. The van der Waals surface area contributed by atoms with Gasteiger partial charge in [0.05, 0.1) is 12.7 Å². The number of aromatic nitrogens is 2. The van der Waals surface area contributed by atoms with Gasteiger partial charge in [0.1, 0.15) is 6.04 Å². The van der Waals surface area contributed by atoms with E-state index in [9.17, 15) is 9.59 Å². The molecule has 0 fully saturated rings. The Kier molecular flexibility index (Phi) is 5.54. The van der Waals surface area contributed by atoms with E-state index in [4.69, 9.17) is 5.73 Å². The molecule has 0 spiro atoms. The minimum atomic E-state index is -0.452. The predicted molar refractivity (Wildman–Crippen MR) is 83.1 cm³/mol. The quantitative estimate of drug-likeness (QED) is 0.686. The zero-order chi connectivity index (χ0) is 16.1. The summed E-state index contributed by atoms with van der Waals surface area (Å²) in [5.74, 6) is -0.308. The molecule has 0 bridgehead atoms. The molecule has 1 heterocycles. The number of H-pyrrole nitrogens is 1. The first-order valence-electron chi connectivity index (χ1n) is 7.84. The highest BCUT2D eigenvalue weighted by molar-refractivity contribution is 5.88. The number of nitrogens with zero attached hydrogens (tertiary/aromatic N) is 2. The Morgan fingerprint density at radius 3 is 3.05 bits per heavy atom. The molecular formula is C15H25N5O2. The second kappa shape index (κ2) is 7.40. The van der Waals surface area contributed by atoms with Crippen LogP contribution in [0.2, 0.25) is 0 Å². The molecule has 1 aliphatic rings. The van der Waals surface area contributed by atoms with Gasteiger partial charge >= 0.3 is 0 Å². The van der Waals surface area contributed by atoms with Gasteiger partial charge in [-0.1, -0.05) is 13.3 Å². The van der Waals surface area contributed by atoms with Gasteiger partial charge in [-0.3, -0.25) is 14.7 Å². The predicted octanol–water partition coefficient (Wildman–Crippen LogP) is -0.0310. The molecule has 0 aliphatic heterocycles. The average molecular weight is 307 g/mol. The molecule has 7 heteroatoms. The van der Waals surface area contributed by atoms with Gasteiger partial charge in [-0.2, -0.15) is 5.10 Å². The number of aryl methyl sites for hydroxylation is 1. The summed E-state index contributed by atoms with van der Waals surface area (Å²) in [6, 6.07) is -0.356. The molecule has 2 amide bonds. The summed E-state index contributed by atoms with van der Waals surface area (Å²) in [6.45, 7) is 1.92. The lowest BCUT2D eigenvalue weighted by Gasteiger charge is -2.30. The van der Waals surface area contributed by atoms with Crippen LogP contribution in [0.3, 0.4) is 0 Å². The van der Waals surface area contributed by atoms with Crippen LogP contribution >= 0.6 is 0 Å². The molecule has 122 valence electrons. The van der Waals surface area contributed by atoms with Gasteiger partial charge in [-0.05, 0) is 31.2 Å². The van der Waals surface area contributed by atoms with Crippen LogP contribution in [0.4, 0.5) is 0 Å². The molecule has 0 radical (unpaired) electrons. The molecule has 0 saturated carbocycles. The van der Waals surface area contributed by atoms with Crippen molar-refractivity contribution in [2.75, 3.05) is 13.6 Å². The second-order valence-electron chi connectivity index (χ2n) is 5.84. The maximum Gasteiger partial charge on any atom is 0.243 e. The van der Waals surface area contributed by atoms with Crippen molar-refractivity contribution in [2.45, 2.75) is 51.1 Å². The lowest BCUT2D eigenvalue weighted by Crippen LogP contribution is -2.52. The molecule has 1 aromatic rings. The van der Waals surface area contributed by atoms with Crippen LogP contribution in [0.5, 0.6) is 0 Å². The van der Waals surface area contributed by atoms with Crippen LogP contribution in [0.15, 0.2) is 6.20 Å². The number of rotatable bonds is 6. The molecule has 22 heavy (non-hydrogen) atoms. The monoisotopic (exact) mass is 307 g/mol. The number of likely N-dealkylation sites (N-methyl/N-ethyl adjacent to an activating group) is 1. The number of carbonyl (C=O) groups excluding carboxylic acids is 2. The normalized spacial score (nSPS) is 18.4. The molecule has 1 aromatic heterocycles. The van der Waals surface area contributed by atoms with E-state index in [0.717, 1.165) is 36.9 Å². The van der Waals surface area contributed by atoms with Crippen molar-refractivity contribution >= 4 is 11.8 Å². The molecule has 7 nitrogen and oxygen atoms in total. The van der Waals surface area contributed by atoms with Crippen molar-refractivity contribution in [3.05, 3.63) is 17.5 Å². The summed E-state index contributed by atoms with van der Waals surface area (Å²) in [6.07, 6.45) is 5.84. The van der Waals surface area contributed by atoms with E-state index < -0.39 is 6.04 Å². The second-order valence-corrected chi connectivity index (χ2v) is 5.84. The smallest absolute Gasteiger partial charge is 0.243 e. The number of aromatic amines is 1. The number of fused-ring (bicyclic) bond motifs is 1. The highest BCUT2D eigenvalue weighted by Crippen LogP contribution is 2.19. The van der Waals surface area contributed by atoms with Crippen molar-refractivity contribution in [2.24, 2.45) is 5.73 Å². The van der Waals surface area contributed by atoms with Crippen LogP contribution in [0.25, 0.3) is 0 Å². The first-order valence-corrected chi connectivity index (χ1v) is 7.84. The Labute approximate surface area is 130 Å². The third-order valence-electron chi connectivity index (χ3n) is 4.26. The third-order valence-corrected chi connectivity index (χ3v) is 4.26. The van der Waals surface area contributed by atoms with E-state index in [2.05, 4.69) is 15.5 Å².